The Hall–Kier alpha value is -1.03. The molecule has 100 valence electrons. The molecule has 1 aromatic heterocycles. The Bertz CT molecular complexity index is 626. The monoisotopic (exact) mass is 313 g/mol. The quantitative estimate of drug-likeness (QED) is 0.807. The number of carbonyl (C=O) groups excluding carboxylic acids is 1. The first-order chi connectivity index (χ1) is 8.88. The van der Waals surface area contributed by atoms with Crippen LogP contribution in [0, 0.1) is 20.8 Å². The summed E-state index contributed by atoms with van der Waals surface area (Å²) in [5.41, 5.74) is 4.47. The van der Waals surface area contributed by atoms with Crippen molar-refractivity contribution in [2.24, 2.45) is 0 Å². The van der Waals surface area contributed by atoms with Crippen molar-refractivity contribution in [3.63, 3.8) is 0 Å². The van der Waals surface area contributed by atoms with E-state index >= 15 is 0 Å². The third-order valence-electron chi connectivity index (χ3n) is 2.82. The van der Waals surface area contributed by atoms with Crippen LogP contribution in [0.4, 0.5) is 5.69 Å². The van der Waals surface area contributed by atoms with Gasteiger partial charge in [0, 0.05) is 5.69 Å². The van der Waals surface area contributed by atoms with Gasteiger partial charge in [-0.1, -0.05) is 40.9 Å². The molecule has 0 bridgehead atoms. The summed E-state index contributed by atoms with van der Waals surface area (Å²) in [4.78, 5) is 12.2. The zero-order valence-electron chi connectivity index (χ0n) is 10.8. The van der Waals surface area contributed by atoms with E-state index < -0.39 is 0 Å². The third kappa shape index (κ3) is 3.11. The average molecular weight is 314 g/mol. The van der Waals surface area contributed by atoms with Crippen molar-refractivity contribution < 1.29 is 4.79 Å². The van der Waals surface area contributed by atoms with Crippen LogP contribution in [-0.4, -0.2) is 5.91 Å². The van der Waals surface area contributed by atoms with Gasteiger partial charge in [-0.25, -0.2) is 0 Å². The Morgan fingerprint density at radius 1 is 1.11 bits per heavy atom. The Morgan fingerprint density at radius 3 is 2.16 bits per heavy atom. The van der Waals surface area contributed by atoms with Crippen LogP contribution in [-0.2, 0) is 0 Å². The summed E-state index contributed by atoms with van der Waals surface area (Å²) in [5.74, 6) is -0.233. The van der Waals surface area contributed by atoms with Gasteiger partial charge in [-0.15, -0.1) is 11.3 Å². The number of nitrogens with one attached hydrogen (secondary N) is 1. The molecule has 1 N–H and O–H groups in total. The second-order valence-corrected chi connectivity index (χ2v) is 6.75. The van der Waals surface area contributed by atoms with Crippen LogP contribution in [0.2, 0.25) is 8.67 Å². The summed E-state index contributed by atoms with van der Waals surface area (Å²) in [7, 11) is 0. The van der Waals surface area contributed by atoms with Gasteiger partial charge in [-0.05, 0) is 38.0 Å². The van der Waals surface area contributed by atoms with Crippen molar-refractivity contribution in [1.29, 1.82) is 0 Å². The normalized spacial score (nSPS) is 10.6. The van der Waals surface area contributed by atoms with E-state index in [1.165, 1.54) is 16.9 Å². The van der Waals surface area contributed by atoms with Gasteiger partial charge in [-0.2, -0.15) is 0 Å². The number of halogens is 2. The first-order valence-electron chi connectivity index (χ1n) is 5.72. The molecule has 0 saturated heterocycles. The van der Waals surface area contributed by atoms with Crippen molar-refractivity contribution >= 4 is 46.1 Å². The van der Waals surface area contributed by atoms with Gasteiger partial charge >= 0.3 is 0 Å². The fourth-order valence-corrected chi connectivity index (χ4v) is 3.51. The van der Waals surface area contributed by atoms with Crippen LogP contribution in [0.3, 0.4) is 0 Å². The van der Waals surface area contributed by atoms with Crippen LogP contribution in [0.1, 0.15) is 27.0 Å². The first-order valence-corrected chi connectivity index (χ1v) is 7.29. The number of benzene rings is 1. The molecular weight excluding hydrogens is 301 g/mol. The molecule has 2 nitrogen and oxygen atoms in total. The molecule has 0 spiro atoms. The summed E-state index contributed by atoms with van der Waals surface area (Å²) >= 11 is 13.0. The molecule has 0 unspecified atom stereocenters. The van der Waals surface area contributed by atoms with Crippen LogP contribution < -0.4 is 5.32 Å². The lowest BCUT2D eigenvalue weighted by Crippen LogP contribution is -2.13. The molecule has 2 rings (SSSR count). The third-order valence-corrected chi connectivity index (χ3v) is 4.30. The molecular formula is C14H13Cl2NOS. The van der Waals surface area contributed by atoms with Crippen LogP contribution in [0.25, 0.3) is 0 Å². The predicted molar refractivity (Wildman–Crippen MR) is 82.9 cm³/mol. The largest absolute Gasteiger partial charge is 0.321 e. The molecule has 0 fully saturated rings. The minimum Gasteiger partial charge on any atom is -0.321 e. The summed E-state index contributed by atoms with van der Waals surface area (Å²) in [6.45, 7) is 5.97. The fraction of sp³-hybridized carbons (Fsp3) is 0.214. The number of aryl methyl sites for hydroxylation is 3. The predicted octanol–water partition coefficient (Wildman–Crippen LogP) is 5.23. The smallest absolute Gasteiger partial charge is 0.258 e. The van der Waals surface area contributed by atoms with Gasteiger partial charge in [-0.3, -0.25) is 4.79 Å². The zero-order chi connectivity index (χ0) is 14.2. The maximum absolute atomic E-state index is 12.2. The second-order valence-electron chi connectivity index (χ2n) is 4.47. The van der Waals surface area contributed by atoms with E-state index in [2.05, 4.69) is 5.32 Å². The van der Waals surface area contributed by atoms with E-state index in [4.69, 9.17) is 23.2 Å². The lowest BCUT2D eigenvalue weighted by atomic mass is 10.0. The highest BCUT2D eigenvalue weighted by atomic mass is 35.5. The highest BCUT2D eigenvalue weighted by Crippen LogP contribution is 2.32. The van der Waals surface area contributed by atoms with Gasteiger partial charge in [0.2, 0.25) is 0 Å². The first kappa shape index (κ1) is 14.4. The number of thiophene rings is 1. The maximum atomic E-state index is 12.2. The molecule has 0 aliphatic carbocycles. The molecule has 0 atom stereocenters. The number of anilines is 1. The van der Waals surface area contributed by atoms with Gasteiger partial charge in [0.05, 0.1) is 9.90 Å². The SMILES string of the molecule is Cc1cc(C)c(NC(=O)c2cc(Cl)sc2Cl)c(C)c1. The molecule has 0 radical (unpaired) electrons. The van der Waals surface area contributed by atoms with E-state index in [1.807, 2.05) is 32.9 Å². The highest BCUT2D eigenvalue weighted by Gasteiger charge is 2.16. The average Bonchev–Trinajstić information content (AvgIpc) is 2.62. The number of amides is 1. The summed E-state index contributed by atoms with van der Waals surface area (Å²) in [5, 5.41) is 2.90. The lowest BCUT2D eigenvalue weighted by Gasteiger charge is -2.12. The summed E-state index contributed by atoms with van der Waals surface area (Å²) in [6.07, 6.45) is 0. The number of hydrogen-bond donors (Lipinski definition) is 1. The summed E-state index contributed by atoms with van der Waals surface area (Å²) < 4.78 is 0.914. The minimum atomic E-state index is -0.233. The topological polar surface area (TPSA) is 29.1 Å². The molecule has 1 amide bonds. The van der Waals surface area contributed by atoms with Gasteiger partial charge < -0.3 is 5.32 Å². The second kappa shape index (κ2) is 5.53. The van der Waals surface area contributed by atoms with E-state index in [-0.39, 0.29) is 5.91 Å². The highest BCUT2D eigenvalue weighted by molar-refractivity contribution is 7.20. The van der Waals surface area contributed by atoms with Crippen molar-refractivity contribution in [1.82, 2.24) is 0 Å². The molecule has 1 aromatic carbocycles. The minimum absolute atomic E-state index is 0.233. The Balaban J connectivity index is 2.32. The maximum Gasteiger partial charge on any atom is 0.258 e. The van der Waals surface area contributed by atoms with E-state index in [1.54, 1.807) is 6.07 Å². The fourth-order valence-electron chi connectivity index (χ4n) is 2.05. The zero-order valence-corrected chi connectivity index (χ0v) is 13.1. The number of rotatable bonds is 2. The van der Waals surface area contributed by atoms with Crippen molar-refractivity contribution in [2.45, 2.75) is 20.8 Å². The molecule has 0 aliphatic heterocycles. The van der Waals surface area contributed by atoms with Crippen LogP contribution in [0.15, 0.2) is 18.2 Å². The van der Waals surface area contributed by atoms with Crippen molar-refractivity contribution in [2.75, 3.05) is 5.32 Å². The molecule has 19 heavy (non-hydrogen) atoms. The van der Waals surface area contributed by atoms with Gasteiger partial charge in [0.15, 0.2) is 0 Å². The Kier molecular flexibility index (Phi) is 4.19. The van der Waals surface area contributed by atoms with Crippen molar-refractivity contribution in [3.8, 4) is 0 Å². The molecule has 0 saturated carbocycles. The van der Waals surface area contributed by atoms with Crippen LogP contribution >= 0.6 is 34.5 Å². The van der Waals surface area contributed by atoms with E-state index in [0.717, 1.165) is 16.8 Å². The molecule has 0 aliphatic rings. The number of carbonyl (C=O) groups is 1. The van der Waals surface area contributed by atoms with E-state index in [0.29, 0.717) is 14.2 Å². The lowest BCUT2D eigenvalue weighted by molar-refractivity contribution is 0.102. The van der Waals surface area contributed by atoms with Gasteiger partial charge in [0.1, 0.15) is 4.34 Å². The van der Waals surface area contributed by atoms with E-state index in [9.17, 15) is 4.79 Å². The Morgan fingerprint density at radius 2 is 1.68 bits per heavy atom. The molecule has 2 aromatic rings. The molecule has 5 heteroatoms. The molecule has 1 heterocycles. The van der Waals surface area contributed by atoms with Gasteiger partial charge in [0.25, 0.3) is 5.91 Å². The Labute approximate surface area is 126 Å². The summed E-state index contributed by atoms with van der Waals surface area (Å²) in [6, 6.07) is 5.65. The standard InChI is InChI=1S/C14H13Cl2NOS/c1-7-4-8(2)12(9(3)5-7)17-14(18)10-6-11(15)19-13(10)16/h4-6H,1-3H3,(H,17,18). The van der Waals surface area contributed by atoms with Crippen molar-refractivity contribution in [3.05, 3.63) is 49.1 Å². The number of hydrogen-bond acceptors (Lipinski definition) is 2. The van der Waals surface area contributed by atoms with Crippen LogP contribution in [0.5, 0.6) is 0 Å².